The monoisotopic (exact) mass is 338 g/mol. The summed E-state index contributed by atoms with van der Waals surface area (Å²) < 4.78 is 29.9. The topological polar surface area (TPSA) is 46.5 Å². The third kappa shape index (κ3) is 3.07. The number of hydrogen-bond donors (Lipinski definition) is 1. The lowest BCUT2D eigenvalue weighted by Gasteiger charge is -2.16. The van der Waals surface area contributed by atoms with E-state index in [4.69, 9.17) is 4.74 Å². The van der Waals surface area contributed by atoms with E-state index in [1.165, 1.54) is 7.11 Å². The lowest BCUT2D eigenvalue weighted by Crippen LogP contribution is -2.17. The highest BCUT2D eigenvalue weighted by molar-refractivity contribution is 7.98. The first-order chi connectivity index (χ1) is 11.6. The minimum absolute atomic E-state index is 0.273. The largest absolute Gasteiger partial charge is 0.495 e. The molecule has 24 heavy (non-hydrogen) atoms. The molecule has 0 radical (unpaired) electrons. The second-order valence-corrected chi connectivity index (χ2v) is 7.14. The van der Waals surface area contributed by atoms with Crippen LogP contribution in [-0.2, 0) is 9.80 Å². The Kier molecular flexibility index (Phi) is 4.69. The van der Waals surface area contributed by atoms with Crippen molar-refractivity contribution in [1.29, 1.82) is 0 Å². The summed E-state index contributed by atoms with van der Waals surface area (Å²) in [6, 6.07) is 25.4. The zero-order chi connectivity index (χ0) is 17.0. The average molecular weight is 338 g/mol. The van der Waals surface area contributed by atoms with E-state index in [9.17, 15) is 8.76 Å². The molecule has 3 aromatic carbocycles. The fourth-order valence-electron chi connectivity index (χ4n) is 2.62. The van der Waals surface area contributed by atoms with Gasteiger partial charge in [0.05, 0.1) is 16.9 Å². The van der Waals surface area contributed by atoms with Crippen molar-refractivity contribution in [3.63, 3.8) is 0 Å². The molecule has 0 heterocycles. The van der Waals surface area contributed by atoms with Crippen LogP contribution in [0.1, 0.15) is 11.1 Å². The molecule has 1 unspecified atom stereocenters. The Hall–Kier alpha value is -2.56. The summed E-state index contributed by atoms with van der Waals surface area (Å²) in [7, 11) is -2.01. The molecule has 0 saturated heterocycles. The molecule has 0 amide bonds. The summed E-state index contributed by atoms with van der Waals surface area (Å²) in [5.41, 5.74) is 1.42. The smallest absolute Gasteiger partial charge is 0.136 e. The van der Waals surface area contributed by atoms with Crippen LogP contribution in [0.15, 0.2) is 89.8 Å². The van der Waals surface area contributed by atoms with Crippen LogP contribution in [0.3, 0.4) is 0 Å². The molecule has 122 valence electrons. The first-order valence-electron chi connectivity index (χ1n) is 7.52. The number of ether oxygens (including phenoxy) is 1. The van der Waals surface area contributed by atoms with Gasteiger partial charge in [0.15, 0.2) is 0 Å². The maximum atomic E-state index is 13.5. The van der Waals surface area contributed by atoms with Crippen LogP contribution in [0.2, 0.25) is 0 Å². The van der Waals surface area contributed by atoms with Crippen LogP contribution in [0.25, 0.3) is 0 Å². The van der Waals surface area contributed by atoms with Gasteiger partial charge in [-0.15, -0.1) is 0 Å². The van der Waals surface area contributed by atoms with E-state index in [1.54, 1.807) is 24.3 Å². The molecule has 0 spiro atoms. The molecule has 0 aliphatic carbocycles. The van der Waals surface area contributed by atoms with Crippen molar-refractivity contribution in [2.75, 3.05) is 7.11 Å². The third-order valence-corrected chi connectivity index (χ3v) is 5.67. The van der Waals surface area contributed by atoms with E-state index < -0.39 is 9.80 Å². The highest BCUT2D eigenvalue weighted by Crippen LogP contribution is 2.27. The first-order valence-corrected chi connectivity index (χ1v) is 9.03. The lowest BCUT2D eigenvalue weighted by molar-refractivity contribution is 0.401. The average Bonchev–Trinajstić information content (AvgIpc) is 2.63. The molecular formula is C20H18O3S. The summed E-state index contributed by atoms with van der Waals surface area (Å²) in [4.78, 5) is 0.656. The predicted molar refractivity (Wildman–Crippen MR) is 98.1 cm³/mol. The Morgan fingerprint density at radius 2 is 1.25 bits per heavy atom. The van der Waals surface area contributed by atoms with Crippen molar-refractivity contribution in [3.8, 4) is 5.75 Å². The van der Waals surface area contributed by atoms with Gasteiger partial charge in [0, 0.05) is 0 Å². The summed E-state index contributed by atoms with van der Waals surface area (Å²) in [6.07, 6.45) is 0. The van der Waals surface area contributed by atoms with Crippen LogP contribution in [-0.4, -0.2) is 20.7 Å². The van der Waals surface area contributed by atoms with E-state index >= 15 is 0 Å². The Morgan fingerprint density at radius 3 is 1.75 bits per heavy atom. The van der Waals surface area contributed by atoms with Crippen LogP contribution in [0, 0.1) is 0 Å². The summed E-state index contributed by atoms with van der Waals surface area (Å²) in [6.45, 7) is 0. The summed E-state index contributed by atoms with van der Waals surface area (Å²) >= 11 is 0. The summed E-state index contributed by atoms with van der Waals surface area (Å²) in [5.74, 6) is 0.398. The summed E-state index contributed by atoms with van der Waals surface area (Å²) in [5, 5.41) is 0. The molecule has 3 nitrogen and oxygen atoms in total. The van der Waals surface area contributed by atoms with E-state index in [2.05, 4.69) is 0 Å². The molecule has 0 aromatic heterocycles. The van der Waals surface area contributed by atoms with Crippen molar-refractivity contribution >= 4 is 14.7 Å². The van der Waals surface area contributed by atoms with Gasteiger partial charge in [-0.25, -0.2) is 4.21 Å². The highest BCUT2D eigenvalue weighted by atomic mass is 32.2. The Bertz CT molecular complexity index is 899. The van der Waals surface area contributed by atoms with Crippen LogP contribution in [0.4, 0.5) is 0 Å². The minimum Gasteiger partial charge on any atom is -0.495 e. The minimum atomic E-state index is -3.51. The van der Waals surface area contributed by atoms with Crippen molar-refractivity contribution in [2.45, 2.75) is 4.90 Å². The normalized spacial score (nSPS) is 13.1. The van der Waals surface area contributed by atoms with E-state index in [0.29, 0.717) is 21.7 Å². The van der Waals surface area contributed by atoms with Crippen molar-refractivity contribution in [3.05, 3.63) is 96.1 Å². The molecule has 3 rings (SSSR count). The van der Waals surface area contributed by atoms with E-state index in [0.717, 1.165) is 0 Å². The fraction of sp³-hybridized carbons (Fsp3) is 0.0500. The molecule has 0 aliphatic rings. The molecule has 0 saturated carbocycles. The first kappa shape index (κ1) is 16.3. The number of methoxy groups -OCH3 is 1. The van der Waals surface area contributed by atoms with Crippen molar-refractivity contribution < 1.29 is 13.5 Å². The van der Waals surface area contributed by atoms with Gasteiger partial charge >= 0.3 is 0 Å². The predicted octanol–water partition coefficient (Wildman–Crippen LogP) is 4.08. The van der Waals surface area contributed by atoms with Gasteiger partial charge in [-0.3, -0.25) is 0 Å². The van der Waals surface area contributed by atoms with Gasteiger partial charge in [-0.05, 0) is 23.3 Å². The van der Waals surface area contributed by atoms with Gasteiger partial charge in [-0.1, -0.05) is 72.8 Å². The molecule has 4 heteroatoms. The van der Waals surface area contributed by atoms with E-state index in [1.807, 2.05) is 60.7 Å². The van der Waals surface area contributed by atoms with Crippen LogP contribution < -0.4 is 4.74 Å². The Morgan fingerprint density at radius 1 is 0.792 bits per heavy atom. The molecule has 1 N–H and O–H groups in total. The SMILES string of the molecule is COc1ccccc1S(=O)(O)=C(c1ccccc1)c1ccccc1. The number of benzene rings is 3. The fourth-order valence-corrected chi connectivity index (χ4v) is 4.44. The lowest BCUT2D eigenvalue weighted by atomic mass is 10.1. The highest BCUT2D eigenvalue weighted by Gasteiger charge is 2.21. The zero-order valence-corrected chi connectivity index (χ0v) is 14.1. The molecule has 1 atom stereocenters. The van der Waals surface area contributed by atoms with Gasteiger partial charge in [0.25, 0.3) is 0 Å². The van der Waals surface area contributed by atoms with Gasteiger partial charge in [0.2, 0.25) is 0 Å². The van der Waals surface area contributed by atoms with E-state index in [-0.39, 0.29) is 4.90 Å². The molecule has 0 bridgehead atoms. The quantitative estimate of drug-likeness (QED) is 0.576. The molecule has 0 fully saturated rings. The van der Waals surface area contributed by atoms with Crippen LogP contribution >= 0.6 is 0 Å². The molecule has 0 aliphatic heterocycles. The second-order valence-electron chi connectivity index (χ2n) is 5.24. The molecule has 3 aromatic rings. The van der Waals surface area contributed by atoms with Crippen LogP contribution in [0.5, 0.6) is 5.75 Å². The maximum Gasteiger partial charge on any atom is 0.136 e. The zero-order valence-electron chi connectivity index (χ0n) is 13.3. The van der Waals surface area contributed by atoms with Gasteiger partial charge in [-0.2, -0.15) is 0 Å². The number of rotatable bonds is 4. The third-order valence-electron chi connectivity index (χ3n) is 3.72. The maximum absolute atomic E-state index is 13.5. The standard InChI is InChI=1S/C20H18O3S/c1-23-18-14-8-9-15-19(18)24(21,22)20(16-10-4-2-5-11-16)17-12-6-3-7-13-17/h2-15H,1H3,(H,21,22). The Balaban J connectivity index is 2.39. The second kappa shape index (κ2) is 6.91. The number of hydrogen-bond acceptors (Lipinski definition) is 2. The van der Waals surface area contributed by atoms with Crippen molar-refractivity contribution in [2.24, 2.45) is 0 Å². The van der Waals surface area contributed by atoms with Gasteiger partial charge < -0.3 is 9.29 Å². The van der Waals surface area contributed by atoms with Gasteiger partial charge in [0.1, 0.15) is 15.6 Å². The Labute approximate surface area is 142 Å². The number of para-hydroxylation sites is 1. The van der Waals surface area contributed by atoms with Crippen molar-refractivity contribution in [1.82, 2.24) is 0 Å². The molecular weight excluding hydrogens is 320 g/mol.